The van der Waals surface area contributed by atoms with E-state index in [1.165, 1.54) is 35.4 Å². The number of rotatable bonds is 4. The van der Waals surface area contributed by atoms with Gasteiger partial charge in [-0.1, -0.05) is 19.9 Å². The molecular formula is C31H39N5O2S. The number of nitrogens with one attached hydrogen (secondary N) is 1. The third-order valence-corrected chi connectivity index (χ3v) is 10.6. The van der Waals surface area contributed by atoms with Crippen LogP contribution >= 0.6 is 11.3 Å². The number of hydrogen-bond donors (Lipinski definition) is 1. The van der Waals surface area contributed by atoms with Crippen LogP contribution in [0.25, 0.3) is 10.2 Å². The minimum absolute atomic E-state index is 0.129. The van der Waals surface area contributed by atoms with Gasteiger partial charge in [0.05, 0.1) is 33.2 Å². The summed E-state index contributed by atoms with van der Waals surface area (Å²) in [6.45, 7) is 6.73. The number of anilines is 1. The Kier molecular flexibility index (Phi) is 7.18. The van der Waals surface area contributed by atoms with Crippen molar-refractivity contribution in [1.29, 1.82) is 0 Å². The molecule has 3 unspecified atom stereocenters. The van der Waals surface area contributed by atoms with Crippen molar-refractivity contribution in [3.63, 3.8) is 0 Å². The molecule has 39 heavy (non-hydrogen) atoms. The van der Waals surface area contributed by atoms with Crippen LogP contribution in [0.1, 0.15) is 86.2 Å². The van der Waals surface area contributed by atoms with E-state index in [1.807, 2.05) is 24.3 Å². The molecule has 3 aromatic rings. The summed E-state index contributed by atoms with van der Waals surface area (Å²) in [4.78, 5) is 40.5. The lowest BCUT2D eigenvalue weighted by atomic mass is 9.89. The van der Waals surface area contributed by atoms with Crippen molar-refractivity contribution in [3.8, 4) is 0 Å². The average molecular weight is 546 g/mol. The van der Waals surface area contributed by atoms with Crippen LogP contribution in [0.4, 0.5) is 5.69 Å². The fourth-order valence-corrected chi connectivity index (χ4v) is 8.07. The highest BCUT2D eigenvalue weighted by Crippen LogP contribution is 2.44. The third-order valence-electron chi connectivity index (χ3n) is 9.36. The summed E-state index contributed by atoms with van der Waals surface area (Å²) in [5.41, 5.74) is 4.66. The number of nitrogens with zero attached hydrogens (tertiary/aromatic N) is 4. The van der Waals surface area contributed by atoms with Gasteiger partial charge in [-0.25, -0.2) is 4.98 Å². The number of carbonyl (C=O) groups excluding carboxylic acids is 2. The van der Waals surface area contributed by atoms with Gasteiger partial charge in [0, 0.05) is 30.2 Å². The number of thiazole rings is 1. The quantitative estimate of drug-likeness (QED) is 0.417. The zero-order chi connectivity index (χ0) is 27.3. The van der Waals surface area contributed by atoms with Gasteiger partial charge >= 0.3 is 11.8 Å². The average Bonchev–Trinajstić information content (AvgIpc) is 3.43. The van der Waals surface area contributed by atoms with Gasteiger partial charge in [-0.15, -0.1) is 11.3 Å². The predicted octanol–water partition coefficient (Wildman–Crippen LogP) is 5.84. The zero-order valence-corrected chi connectivity index (χ0v) is 24.3. The second-order valence-corrected chi connectivity index (χ2v) is 13.0. The molecule has 206 valence electrons. The fourth-order valence-electron chi connectivity index (χ4n) is 7.00. The number of aromatic nitrogens is 2. The Bertz CT molecular complexity index is 1390. The zero-order valence-electron chi connectivity index (χ0n) is 23.4. The first kappa shape index (κ1) is 26.4. The van der Waals surface area contributed by atoms with Crippen molar-refractivity contribution in [1.82, 2.24) is 19.8 Å². The number of amides is 2. The Morgan fingerprint density at radius 1 is 1.10 bits per heavy atom. The smallest absolute Gasteiger partial charge is 0.313 e. The molecule has 5 heterocycles. The Morgan fingerprint density at radius 3 is 2.62 bits per heavy atom. The van der Waals surface area contributed by atoms with Crippen molar-refractivity contribution in [2.24, 2.45) is 5.92 Å². The fraction of sp³-hybridized carbons (Fsp3) is 0.548. The SMILES string of the molecule is CCc1cc(NC(=O)C(=O)N2C[C@@H](C)CCC2c2ccc3sc(C4CC5CCC(C4)N5C)nc3c2)cnc1C. The highest BCUT2D eigenvalue weighted by Gasteiger charge is 2.40. The number of piperidine rings is 2. The number of aryl methyl sites for hydroxylation is 2. The maximum atomic E-state index is 13.5. The first-order valence-electron chi connectivity index (χ1n) is 14.5. The highest BCUT2D eigenvalue weighted by atomic mass is 32.1. The van der Waals surface area contributed by atoms with Crippen molar-refractivity contribution >= 4 is 39.1 Å². The summed E-state index contributed by atoms with van der Waals surface area (Å²) in [7, 11) is 2.28. The Balaban J connectivity index is 1.22. The van der Waals surface area contributed by atoms with Crippen LogP contribution < -0.4 is 5.32 Å². The van der Waals surface area contributed by atoms with Gasteiger partial charge in [-0.3, -0.25) is 14.6 Å². The van der Waals surface area contributed by atoms with Crippen LogP contribution in [0.15, 0.2) is 30.5 Å². The van der Waals surface area contributed by atoms with Gasteiger partial charge in [0.15, 0.2) is 0 Å². The van der Waals surface area contributed by atoms with E-state index in [-0.39, 0.29) is 6.04 Å². The molecule has 2 amide bonds. The topological polar surface area (TPSA) is 78.4 Å². The molecule has 6 rings (SSSR count). The molecule has 0 aliphatic carbocycles. The largest absolute Gasteiger partial charge is 0.327 e. The normalized spacial score (nSPS) is 27.2. The Labute approximate surface area is 235 Å². The maximum Gasteiger partial charge on any atom is 0.313 e. The summed E-state index contributed by atoms with van der Waals surface area (Å²) in [5, 5.41) is 4.06. The first-order chi connectivity index (χ1) is 18.8. The molecule has 1 aromatic carbocycles. The molecule has 2 aromatic heterocycles. The number of hydrogen-bond acceptors (Lipinski definition) is 6. The molecule has 0 saturated carbocycles. The molecule has 3 aliphatic rings. The summed E-state index contributed by atoms with van der Waals surface area (Å²) in [5.74, 6) is -0.191. The minimum Gasteiger partial charge on any atom is -0.327 e. The van der Waals surface area contributed by atoms with Gasteiger partial charge in [-0.05, 0) is 94.2 Å². The van der Waals surface area contributed by atoms with Crippen LogP contribution in [0.3, 0.4) is 0 Å². The number of fused-ring (bicyclic) bond motifs is 3. The van der Waals surface area contributed by atoms with Crippen LogP contribution in [0.2, 0.25) is 0 Å². The van der Waals surface area contributed by atoms with Crippen LogP contribution in [-0.4, -0.2) is 57.3 Å². The maximum absolute atomic E-state index is 13.5. The van der Waals surface area contributed by atoms with Crippen molar-refractivity contribution in [2.75, 3.05) is 18.9 Å². The van der Waals surface area contributed by atoms with Crippen molar-refractivity contribution < 1.29 is 9.59 Å². The number of carbonyl (C=O) groups is 2. The third kappa shape index (κ3) is 5.09. The van der Waals surface area contributed by atoms with Crippen LogP contribution in [0, 0.1) is 12.8 Å². The molecular weight excluding hydrogens is 506 g/mol. The summed E-state index contributed by atoms with van der Waals surface area (Å²) >= 11 is 1.83. The highest BCUT2D eigenvalue weighted by molar-refractivity contribution is 7.18. The predicted molar refractivity (Wildman–Crippen MR) is 156 cm³/mol. The van der Waals surface area contributed by atoms with E-state index in [0.717, 1.165) is 41.6 Å². The minimum atomic E-state index is -0.601. The lowest BCUT2D eigenvalue weighted by molar-refractivity contribution is -0.146. The summed E-state index contributed by atoms with van der Waals surface area (Å²) < 4.78 is 1.21. The van der Waals surface area contributed by atoms with Gasteiger partial charge in [0.25, 0.3) is 0 Å². The molecule has 3 fully saturated rings. The monoisotopic (exact) mass is 545 g/mol. The number of benzene rings is 1. The Hall–Kier alpha value is -2.84. The first-order valence-corrected chi connectivity index (χ1v) is 15.3. The molecule has 8 heteroatoms. The Morgan fingerprint density at radius 2 is 1.87 bits per heavy atom. The summed E-state index contributed by atoms with van der Waals surface area (Å²) in [6.07, 6.45) is 9.33. The second kappa shape index (κ2) is 10.6. The van der Waals surface area contributed by atoms with Crippen LogP contribution in [-0.2, 0) is 16.0 Å². The van der Waals surface area contributed by atoms with Crippen LogP contribution in [0.5, 0.6) is 0 Å². The van der Waals surface area contributed by atoms with Gasteiger partial charge in [0.1, 0.15) is 0 Å². The molecule has 3 saturated heterocycles. The van der Waals surface area contributed by atoms with E-state index in [0.29, 0.717) is 36.2 Å². The summed E-state index contributed by atoms with van der Waals surface area (Å²) in [6, 6.07) is 9.63. The van der Waals surface area contributed by atoms with E-state index < -0.39 is 11.8 Å². The second-order valence-electron chi connectivity index (χ2n) is 11.9. The lowest BCUT2D eigenvalue weighted by Gasteiger charge is -2.38. The van der Waals surface area contributed by atoms with Crippen molar-refractivity contribution in [2.45, 2.75) is 89.8 Å². The molecule has 0 spiro atoms. The van der Waals surface area contributed by atoms with E-state index in [4.69, 9.17) is 4.98 Å². The lowest BCUT2D eigenvalue weighted by Crippen LogP contribution is -2.46. The standard InChI is InChI=1S/C31H39N5O2S/c1-5-20-12-23(16-32-19(20)3)33-29(37)31(38)36-17-18(2)6-10-27(36)21-7-11-28-26(15-21)34-30(39-28)22-13-24-8-9-25(14-22)35(24)4/h7,11-12,15-16,18,22,24-25,27H,5-6,8-10,13-14,17H2,1-4H3,(H,33,37)/t18-,22?,24?,25?,27?/m0/s1. The van der Waals surface area contributed by atoms with Gasteiger partial charge in [-0.2, -0.15) is 0 Å². The van der Waals surface area contributed by atoms with Gasteiger partial charge in [0.2, 0.25) is 0 Å². The molecule has 0 radical (unpaired) electrons. The van der Waals surface area contributed by atoms with E-state index in [2.05, 4.69) is 54.3 Å². The molecule has 4 atom stereocenters. The molecule has 1 N–H and O–H groups in total. The number of likely N-dealkylation sites (tertiary alicyclic amines) is 1. The molecule has 3 aliphatic heterocycles. The van der Waals surface area contributed by atoms with Gasteiger partial charge < -0.3 is 15.1 Å². The van der Waals surface area contributed by atoms with E-state index in [9.17, 15) is 9.59 Å². The molecule has 2 bridgehead atoms. The van der Waals surface area contributed by atoms with Crippen molar-refractivity contribution in [3.05, 3.63) is 52.3 Å². The van der Waals surface area contributed by atoms with E-state index in [1.54, 1.807) is 11.1 Å². The number of pyridine rings is 1. The molecule has 7 nitrogen and oxygen atoms in total. The van der Waals surface area contributed by atoms with E-state index >= 15 is 0 Å².